The van der Waals surface area contributed by atoms with Gasteiger partial charge in [-0.2, -0.15) is 0 Å². The van der Waals surface area contributed by atoms with E-state index < -0.39 is 0 Å². The van der Waals surface area contributed by atoms with Crippen molar-refractivity contribution in [2.45, 2.75) is 44.9 Å². The zero-order valence-corrected chi connectivity index (χ0v) is 17.2. The fourth-order valence-corrected chi connectivity index (χ4v) is 4.66. The zero-order chi connectivity index (χ0) is 20.2. The first-order valence-electron chi connectivity index (χ1n) is 10.8. The second-order valence-electron chi connectivity index (χ2n) is 8.51. The Hall–Kier alpha value is -2.27. The Morgan fingerprint density at radius 2 is 1.93 bits per heavy atom. The van der Waals surface area contributed by atoms with Crippen LogP contribution < -0.4 is 0 Å². The van der Waals surface area contributed by atoms with Crippen LogP contribution in [-0.4, -0.2) is 53.4 Å². The highest BCUT2D eigenvalue weighted by Crippen LogP contribution is 2.27. The highest BCUT2D eigenvalue weighted by molar-refractivity contribution is 5.78. The molecule has 4 rings (SSSR count). The van der Waals surface area contributed by atoms with Gasteiger partial charge in [0, 0.05) is 36.9 Å². The van der Waals surface area contributed by atoms with Gasteiger partial charge in [0.05, 0.1) is 6.54 Å². The van der Waals surface area contributed by atoms with Gasteiger partial charge in [-0.15, -0.1) is 0 Å². The van der Waals surface area contributed by atoms with Crippen LogP contribution in [0.5, 0.6) is 0 Å². The molecule has 1 unspecified atom stereocenters. The molecule has 2 fully saturated rings. The highest BCUT2D eigenvalue weighted by atomic mass is 19.1. The number of likely N-dealkylation sites (tertiary alicyclic amines) is 2. The lowest BCUT2D eigenvalue weighted by Crippen LogP contribution is -2.43. The highest BCUT2D eigenvalue weighted by Gasteiger charge is 2.26. The Morgan fingerprint density at radius 1 is 1.10 bits per heavy atom. The zero-order valence-electron chi connectivity index (χ0n) is 17.2. The molecule has 154 valence electrons. The van der Waals surface area contributed by atoms with E-state index in [-0.39, 0.29) is 11.7 Å². The van der Waals surface area contributed by atoms with Gasteiger partial charge in [-0.05, 0) is 81.0 Å². The van der Waals surface area contributed by atoms with Gasteiger partial charge in [0.25, 0.3) is 0 Å². The average Bonchev–Trinajstić information content (AvgIpc) is 3.23. The van der Waals surface area contributed by atoms with E-state index in [0.29, 0.717) is 18.9 Å². The SMILES string of the molecule is Cc1cc(Cc2cccc(F)c2)cc(C2CCCN(CC(=O)N3CCCC3)C2)n1. The van der Waals surface area contributed by atoms with Gasteiger partial charge in [0.1, 0.15) is 5.82 Å². The van der Waals surface area contributed by atoms with Gasteiger partial charge in [-0.25, -0.2) is 4.39 Å². The quantitative estimate of drug-likeness (QED) is 0.770. The topological polar surface area (TPSA) is 36.4 Å². The van der Waals surface area contributed by atoms with Crippen LogP contribution in [0.4, 0.5) is 4.39 Å². The number of halogens is 1. The molecular weight excluding hydrogens is 365 g/mol. The molecule has 2 aliphatic rings. The first-order valence-corrected chi connectivity index (χ1v) is 10.8. The molecule has 2 aromatic rings. The van der Waals surface area contributed by atoms with E-state index in [0.717, 1.165) is 68.8 Å². The van der Waals surface area contributed by atoms with Crippen LogP contribution in [-0.2, 0) is 11.2 Å². The lowest BCUT2D eigenvalue weighted by molar-refractivity contribution is -0.131. The maximum absolute atomic E-state index is 13.5. The molecule has 1 aromatic heterocycles. The molecule has 3 heterocycles. The molecule has 4 nitrogen and oxygen atoms in total. The van der Waals surface area contributed by atoms with Crippen molar-refractivity contribution in [2.24, 2.45) is 0 Å². The second kappa shape index (κ2) is 9.04. The summed E-state index contributed by atoms with van der Waals surface area (Å²) in [6, 6.07) is 11.1. The van der Waals surface area contributed by atoms with E-state index in [1.165, 1.54) is 11.6 Å². The predicted molar refractivity (Wildman–Crippen MR) is 112 cm³/mol. The summed E-state index contributed by atoms with van der Waals surface area (Å²) in [5, 5.41) is 0. The molecule has 0 aliphatic carbocycles. The molecule has 0 radical (unpaired) electrons. The monoisotopic (exact) mass is 395 g/mol. The standard InChI is InChI=1S/C24H30FN3O/c1-18-12-20(13-19-6-4-8-22(25)14-19)15-23(26-18)21-7-5-9-27(16-21)17-24(29)28-10-2-3-11-28/h4,6,8,12,14-15,21H,2-3,5,7,9-11,13,16-17H2,1H3. The van der Waals surface area contributed by atoms with Crippen LogP contribution >= 0.6 is 0 Å². The first kappa shape index (κ1) is 20.0. The largest absolute Gasteiger partial charge is 0.342 e. The Balaban J connectivity index is 1.44. The molecule has 1 atom stereocenters. The number of piperidine rings is 1. The van der Waals surface area contributed by atoms with Crippen LogP contribution in [0.25, 0.3) is 0 Å². The van der Waals surface area contributed by atoms with Gasteiger partial charge < -0.3 is 4.90 Å². The maximum atomic E-state index is 13.5. The van der Waals surface area contributed by atoms with E-state index in [1.807, 2.05) is 17.9 Å². The van der Waals surface area contributed by atoms with E-state index in [2.05, 4.69) is 17.0 Å². The number of rotatable bonds is 5. The third kappa shape index (κ3) is 5.21. The number of carbonyl (C=O) groups is 1. The molecule has 2 saturated heterocycles. The summed E-state index contributed by atoms with van der Waals surface area (Å²) >= 11 is 0. The number of nitrogens with zero attached hydrogens (tertiary/aromatic N) is 3. The van der Waals surface area contributed by atoms with Crippen LogP contribution in [0, 0.1) is 12.7 Å². The van der Waals surface area contributed by atoms with Gasteiger partial charge in [0.2, 0.25) is 5.91 Å². The Kier molecular flexibility index (Phi) is 6.24. The van der Waals surface area contributed by atoms with Gasteiger partial charge in [-0.3, -0.25) is 14.7 Å². The molecule has 0 spiro atoms. The van der Waals surface area contributed by atoms with E-state index in [1.54, 1.807) is 12.1 Å². The summed E-state index contributed by atoms with van der Waals surface area (Å²) in [5.74, 6) is 0.424. The third-order valence-corrected chi connectivity index (χ3v) is 6.07. The summed E-state index contributed by atoms with van der Waals surface area (Å²) in [6.45, 7) is 6.25. The molecule has 1 amide bonds. The van der Waals surface area contributed by atoms with Gasteiger partial charge >= 0.3 is 0 Å². The molecular formula is C24H30FN3O. The molecule has 2 aliphatic heterocycles. The lowest BCUT2D eigenvalue weighted by atomic mass is 9.92. The van der Waals surface area contributed by atoms with E-state index >= 15 is 0 Å². The molecule has 0 saturated carbocycles. The second-order valence-corrected chi connectivity index (χ2v) is 8.51. The molecule has 29 heavy (non-hydrogen) atoms. The lowest BCUT2D eigenvalue weighted by Gasteiger charge is -2.33. The number of benzene rings is 1. The molecule has 0 N–H and O–H groups in total. The number of carbonyl (C=O) groups excluding carboxylic acids is 1. The summed E-state index contributed by atoms with van der Waals surface area (Å²) < 4.78 is 13.5. The predicted octanol–water partition coefficient (Wildman–Crippen LogP) is 3.92. The van der Waals surface area contributed by atoms with Crippen LogP contribution in [0.2, 0.25) is 0 Å². The maximum Gasteiger partial charge on any atom is 0.236 e. The normalized spacial score (nSPS) is 20.2. The minimum atomic E-state index is -0.195. The van der Waals surface area contributed by atoms with Crippen molar-refractivity contribution in [3.8, 4) is 0 Å². The Labute approximate surface area is 172 Å². The minimum absolute atomic E-state index is 0.195. The number of aromatic nitrogens is 1. The number of hydrogen-bond donors (Lipinski definition) is 0. The molecule has 1 aromatic carbocycles. The third-order valence-electron chi connectivity index (χ3n) is 6.07. The average molecular weight is 396 g/mol. The summed E-state index contributed by atoms with van der Waals surface area (Å²) in [6.07, 6.45) is 5.17. The van der Waals surface area contributed by atoms with E-state index in [4.69, 9.17) is 4.98 Å². The fraction of sp³-hybridized carbons (Fsp3) is 0.500. The summed E-state index contributed by atoms with van der Waals surface area (Å²) in [4.78, 5) is 21.6. The van der Waals surface area contributed by atoms with Crippen LogP contribution in [0.1, 0.15) is 54.1 Å². The molecule has 5 heteroatoms. The van der Waals surface area contributed by atoms with E-state index in [9.17, 15) is 9.18 Å². The fourth-order valence-electron chi connectivity index (χ4n) is 4.66. The van der Waals surface area contributed by atoms with Crippen molar-refractivity contribution in [3.63, 3.8) is 0 Å². The van der Waals surface area contributed by atoms with Crippen molar-refractivity contribution in [2.75, 3.05) is 32.7 Å². The first-order chi connectivity index (χ1) is 14.1. The van der Waals surface area contributed by atoms with Crippen molar-refractivity contribution >= 4 is 5.91 Å². The van der Waals surface area contributed by atoms with Crippen LogP contribution in [0.3, 0.4) is 0 Å². The van der Waals surface area contributed by atoms with Crippen molar-refractivity contribution in [3.05, 3.63) is 64.7 Å². The smallest absolute Gasteiger partial charge is 0.236 e. The molecule has 0 bridgehead atoms. The summed E-state index contributed by atoms with van der Waals surface area (Å²) in [7, 11) is 0. The number of amides is 1. The van der Waals surface area contributed by atoms with Crippen molar-refractivity contribution in [1.29, 1.82) is 0 Å². The minimum Gasteiger partial charge on any atom is -0.342 e. The summed E-state index contributed by atoms with van der Waals surface area (Å²) in [5.41, 5.74) is 4.25. The van der Waals surface area contributed by atoms with Gasteiger partial charge in [0.15, 0.2) is 0 Å². The van der Waals surface area contributed by atoms with Gasteiger partial charge in [-0.1, -0.05) is 12.1 Å². The Morgan fingerprint density at radius 3 is 2.72 bits per heavy atom. The van der Waals surface area contributed by atoms with Crippen molar-refractivity contribution < 1.29 is 9.18 Å². The Bertz CT molecular complexity index is 863. The number of pyridine rings is 1. The van der Waals surface area contributed by atoms with Crippen LogP contribution in [0.15, 0.2) is 36.4 Å². The number of aryl methyl sites for hydroxylation is 1. The van der Waals surface area contributed by atoms with Crippen molar-refractivity contribution in [1.82, 2.24) is 14.8 Å². The number of hydrogen-bond acceptors (Lipinski definition) is 3.